The van der Waals surface area contributed by atoms with E-state index in [4.69, 9.17) is 25.8 Å². The molecule has 0 saturated carbocycles. The van der Waals surface area contributed by atoms with Crippen molar-refractivity contribution < 1.29 is 28.2 Å². The zero-order valence-electron chi connectivity index (χ0n) is 14.3. The number of cyclic esters (lactones) is 1. The fourth-order valence-electron chi connectivity index (χ4n) is 2.38. The van der Waals surface area contributed by atoms with Gasteiger partial charge in [-0.25, -0.2) is 14.2 Å². The molecule has 2 aromatic rings. The van der Waals surface area contributed by atoms with E-state index in [-0.39, 0.29) is 28.1 Å². The summed E-state index contributed by atoms with van der Waals surface area (Å²) in [6.45, 7) is 1.24. The molecule has 2 aromatic carbocycles. The highest BCUT2D eigenvalue weighted by Crippen LogP contribution is 2.37. The predicted octanol–water partition coefficient (Wildman–Crippen LogP) is 3.76. The number of hydrogen-bond donors (Lipinski definition) is 0. The van der Waals surface area contributed by atoms with Crippen molar-refractivity contribution in [2.45, 2.75) is 6.92 Å². The van der Waals surface area contributed by atoms with Crippen molar-refractivity contribution in [1.29, 1.82) is 0 Å². The number of nitrogens with zero attached hydrogens (tertiary/aromatic N) is 1. The second-order valence-electron chi connectivity index (χ2n) is 5.47. The molecular weight excluding hydrogens is 377 g/mol. The minimum atomic E-state index is -0.687. The van der Waals surface area contributed by atoms with Gasteiger partial charge in [-0.05, 0) is 42.0 Å². The molecule has 1 heterocycles. The van der Waals surface area contributed by atoms with Crippen LogP contribution in [0, 0.1) is 5.82 Å². The number of benzene rings is 2. The van der Waals surface area contributed by atoms with Gasteiger partial charge in [-0.15, -0.1) is 0 Å². The molecule has 0 aromatic heterocycles. The second-order valence-corrected chi connectivity index (χ2v) is 5.88. The molecule has 6 nitrogen and oxygen atoms in total. The van der Waals surface area contributed by atoms with Gasteiger partial charge in [0.2, 0.25) is 5.90 Å². The lowest BCUT2D eigenvalue weighted by Crippen LogP contribution is -2.05. The van der Waals surface area contributed by atoms with E-state index in [1.807, 2.05) is 0 Å². The first-order valence-electron chi connectivity index (χ1n) is 7.72. The number of ether oxygens (including phenoxy) is 3. The van der Waals surface area contributed by atoms with Crippen LogP contribution in [0.5, 0.6) is 11.5 Å². The van der Waals surface area contributed by atoms with Gasteiger partial charge in [0.1, 0.15) is 5.82 Å². The lowest BCUT2D eigenvalue weighted by atomic mass is 10.1. The Morgan fingerprint density at radius 3 is 2.74 bits per heavy atom. The summed E-state index contributed by atoms with van der Waals surface area (Å²) in [5, 5.41) is 0.122. The summed E-state index contributed by atoms with van der Waals surface area (Å²) in [4.78, 5) is 27.3. The third-order valence-corrected chi connectivity index (χ3v) is 3.77. The molecule has 0 N–H and O–H groups in total. The van der Waals surface area contributed by atoms with Crippen LogP contribution in [0.2, 0.25) is 5.02 Å². The number of aliphatic imine (C=N–C) groups is 1. The summed E-state index contributed by atoms with van der Waals surface area (Å²) in [5.74, 6) is -1.42. The zero-order chi connectivity index (χ0) is 19.6. The zero-order valence-corrected chi connectivity index (χ0v) is 15.0. The first-order valence-corrected chi connectivity index (χ1v) is 8.09. The van der Waals surface area contributed by atoms with Crippen LogP contribution in [0.4, 0.5) is 4.39 Å². The molecule has 0 radical (unpaired) electrons. The van der Waals surface area contributed by atoms with Gasteiger partial charge in [-0.1, -0.05) is 17.7 Å². The standard InChI is InChI=1S/C19H13ClFNO5/c1-10(23)26-17-14(20)6-11(8-16(17)25-2)7-15-19(24)27-18(22-15)12-4-3-5-13(21)9-12/h3-9H,1-2H3. The number of hydrogen-bond acceptors (Lipinski definition) is 6. The molecule has 138 valence electrons. The van der Waals surface area contributed by atoms with Crippen molar-refractivity contribution >= 4 is 35.5 Å². The Morgan fingerprint density at radius 1 is 1.30 bits per heavy atom. The van der Waals surface area contributed by atoms with Crippen LogP contribution in [0.1, 0.15) is 18.1 Å². The SMILES string of the molecule is COc1cc(C=C2N=C(c3cccc(F)c3)OC2=O)cc(Cl)c1OC(C)=O. The van der Waals surface area contributed by atoms with E-state index in [1.54, 1.807) is 6.07 Å². The first kappa shape index (κ1) is 18.6. The van der Waals surface area contributed by atoms with Gasteiger partial charge in [-0.3, -0.25) is 4.79 Å². The number of rotatable bonds is 4. The fraction of sp³-hybridized carbons (Fsp3) is 0.105. The predicted molar refractivity (Wildman–Crippen MR) is 96.3 cm³/mol. The highest BCUT2D eigenvalue weighted by atomic mass is 35.5. The molecule has 0 saturated heterocycles. The molecule has 8 heteroatoms. The number of methoxy groups -OCH3 is 1. The molecule has 1 aliphatic heterocycles. The number of halogens is 2. The highest BCUT2D eigenvalue weighted by Gasteiger charge is 2.25. The Balaban J connectivity index is 1.97. The van der Waals surface area contributed by atoms with Crippen molar-refractivity contribution in [2.75, 3.05) is 7.11 Å². The van der Waals surface area contributed by atoms with Crippen molar-refractivity contribution in [1.82, 2.24) is 0 Å². The Hall–Kier alpha value is -3.19. The monoisotopic (exact) mass is 389 g/mol. The van der Waals surface area contributed by atoms with Crippen LogP contribution >= 0.6 is 11.6 Å². The van der Waals surface area contributed by atoms with E-state index < -0.39 is 17.8 Å². The molecule has 0 bridgehead atoms. The summed E-state index contributed by atoms with van der Waals surface area (Å²) in [6.07, 6.45) is 1.43. The number of carbonyl (C=O) groups is 2. The Labute approximate surface area is 158 Å². The number of carbonyl (C=O) groups excluding carboxylic acids is 2. The van der Waals surface area contributed by atoms with Crippen LogP contribution in [0.25, 0.3) is 6.08 Å². The second kappa shape index (κ2) is 7.59. The highest BCUT2D eigenvalue weighted by molar-refractivity contribution is 6.32. The maximum atomic E-state index is 13.3. The average Bonchev–Trinajstić information content (AvgIpc) is 2.97. The van der Waals surface area contributed by atoms with Crippen LogP contribution in [-0.2, 0) is 14.3 Å². The Bertz CT molecular complexity index is 1000. The number of esters is 2. The molecule has 0 amide bonds. The van der Waals surface area contributed by atoms with Crippen LogP contribution in [0.15, 0.2) is 47.1 Å². The molecule has 3 rings (SSSR count). The summed E-state index contributed by atoms with van der Waals surface area (Å²) in [6, 6.07) is 8.56. The van der Waals surface area contributed by atoms with Gasteiger partial charge >= 0.3 is 11.9 Å². The maximum absolute atomic E-state index is 13.3. The molecular formula is C19H13ClFNO5. The largest absolute Gasteiger partial charge is 0.493 e. The molecule has 1 aliphatic rings. The van der Waals surface area contributed by atoms with E-state index in [0.717, 1.165) is 0 Å². The van der Waals surface area contributed by atoms with Crippen molar-refractivity contribution in [3.05, 3.63) is 64.1 Å². The fourth-order valence-corrected chi connectivity index (χ4v) is 2.64. The quantitative estimate of drug-likeness (QED) is 0.452. The van der Waals surface area contributed by atoms with Crippen LogP contribution in [0.3, 0.4) is 0 Å². The van der Waals surface area contributed by atoms with Crippen LogP contribution in [-0.4, -0.2) is 24.9 Å². The summed E-state index contributed by atoms with van der Waals surface area (Å²) < 4.78 is 28.6. The van der Waals surface area contributed by atoms with E-state index in [0.29, 0.717) is 11.1 Å². The molecule has 0 spiro atoms. The maximum Gasteiger partial charge on any atom is 0.363 e. The molecule has 27 heavy (non-hydrogen) atoms. The average molecular weight is 390 g/mol. The van der Waals surface area contributed by atoms with E-state index in [2.05, 4.69) is 4.99 Å². The molecule has 0 aliphatic carbocycles. The van der Waals surface area contributed by atoms with E-state index in [9.17, 15) is 14.0 Å². The van der Waals surface area contributed by atoms with Crippen molar-refractivity contribution in [2.24, 2.45) is 4.99 Å². The minimum Gasteiger partial charge on any atom is -0.493 e. The third-order valence-electron chi connectivity index (χ3n) is 3.49. The molecule has 0 unspecified atom stereocenters. The molecule has 0 fully saturated rings. The van der Waals surface area contributed by atoms with Gasteiger partial charge in [-0.2, -0.15) is 0 Å². The minimum absolute atomic E-state index is 0.000320. The first-order chi connectivity index (χ1) is 12.9. The van der Waals surface area contributed by atoms with Crippen molar-refractivity contribution in [3.63, 3.8) is 0 Å². The lowest BCUT2D eigenvalue weighted by Gasteiger charge is -2.10. The molecule has 0 atom stereocenters. The van der Waals surface area contributed by atoms with Gasteiger partial charge < -0.3 is 14.2 Å². The lowest BCUT2D eigenvalue weighted by molar-refractivity contribution is -0.132. The van der Waals surface area contributed by atoms with Gasteiger partial charge in [0.15, 0.2) is 17.2 Å². The van der Waals surface area contributed by atoms with Gasteiger partial charge in [0.05, 0.1) is 12.1 Å². The summed E-state index contributed by atoms with van der Waals surface area (Å²) >= 11 is 6.14. The van der Waals surface area contributed by atoms with E-state index in [1.165, 1.54) is 50.4 Å². The third kappa shape index (κ3) is 4.15. The smallest absolute Gasteiger partial charge is 0.363 e. The summed E-state index contributed by atoms with van der Waals surface area (Å²) in [7, 11) is 1.39. The Morgan fingerprint density at radius 2 is 2.07 bits per heavy atom. The van der Waals surface area contributed by atoms with Crippen LogP contribution < -0.4 is 9.47 Å². The normalized spacial score (nSPS) is 14.7. The topological polar surface area (TPSA) is 74.2 Å². The van der Waals surface area contributed by atoms with Crippen molar-refractivity contribution in [3.8, 4) is 11.5 Å². The van der Waals surface area contributed by atoms with Gasteiger partial charge in [0.25, 0.3) is 0 Å². The van der Waals surface area contributed by atoms with Gasteiger partial charge in [0, 0.05) is 12.5 Å². The Kier molecular flexibility index (Phi) is 5.23. The van der Waals surface area contributed by atoms with E-state index >= 15 is 0 Å². The summed E-state index contributed by atoms with van der Waals surface area (Å²) in [5.41, 5.74) is 0.823.